The van der Waals surface area contributed by atoms with Crippen LogP contribution in [0, 0.1) is 0 Å². The minimum atomic E-state index is -0.934. The molecule has 3 N–H and O–H groups in total. The number of carboxylic acid groups (broad SMARTS) is 1. The molecule has 4 heteroatoms. The molecule has 0 saturated carbocycles. The Bertz CT molecular complexity index is 314. The van der Waals surface area contributed by atoms with Crippen LogP contribution in [0.2, 0.25) is 0 Å². The second-order valence-corrected chi connectivity index (χ2v) is 3.48. The highest BCUT2D eigenvalue weighted by Crippen LogP contribution is 2.07. The molecule has 0 spiro atoms. The molecular weight excluding hydrogens is 192 g/mol. The predicted molar refractivity (Wildman–Crippen MR) is 58.5 cm³/mol. The van der Waals surface area contributed by atoms with E-state index in [9.17, 15) is 4.79 Å². The summed E-state index contributed by atoms with van der Waals surface area (Å²) in [7, 11) is 0. The molecule has 82 valence electrons. The summed E-state index contributed by atoms with van der Waals surface area (Å²) in [5, 5.41) is 9.01. The van der Waals surface area contributed by atoms with Gasteiger partial charge in [-0.1, -0.05) is 30.3 Å². The van der Waals surface area contributed by atoms with Crippen molar-refractivity contribution in [3.05, 3.63) is 35.9 Å². The van der Waals surface area contributed by atoms with Gasteiger partial charge in [0.25, 0.3) is 0 Å². The van der Waals surface area contributed by atoms with Gasteiger partial charge in [0.1, 0.15) is 0 Å². The van der Waals surface area contributed by atoms with Crippen LogP contribution in [0.25, 0.3) is 0 Å². The number of benzene rings is 1. The Hall–Kier alpha value is -1.55. The van der Waals surface area contributed by atoms with Crippen LogP contribution in [-0.4, -0.2) is 28.7 Å². The third-order valence-corrected chi connectivity index (χ3v) is 2.31. The molecule has 0 aliphatic rings. The van der Waals surface area contributed by atoms with Crippen LogP contribution >= 0.6 is 0 Å². The fourth-order valence-electron chi connectivity index (χ4n) is 1.32. The first-order valence-electron chi connectivity index (χ1n) is 4.88. The van der Waals surface area contributed by atoms with E-state index >= 15 is 0 Å². The van der Waals surface area contributed by atoms with E-state index in [2.05, 4.69) is 0 Å². The minimum Gasteiger partial charge on any atom is -0.465 e. The van der Waals surface area contributed by atoms with Crippen molar-refractivity contribution in [2.75, 3.05) is 6.54 Å². The standard InChI is InChI=1S/C11H16N2O2/c1-9(7-12)13(11(14)15)8-10-5-3-2-4-6-10/h2-6,9H,7-8,12H2,1H3,(H,14,15)/t9-/m0/s1. The summed E-state index contributed by atoms with van der Waals surface area (Å²) in [6.45, 7) is 2.52. The van der Waals surface area contributed by atoms with Gasteiger partial charge in [-0.25, -0.2) is 4.79 Å². The highest BCUT2D eigenvalue weighted by molar-refractivity contribution is 5.65. The van der Waals surface area contributed by atoms with Crippen molar-refractivity contribution in [3.8, 4) is 0 Å². The number of amides is 1. The Morgan fingerprint density at radius 2 is 2.07 bits per heavy atom. The van der Waals surface area contributed by atoms with Crippen LogP contribution in [0.3, 0.4) is 0 Å². The average molecular weight is 208 g/mol. The van der Waals surface area contributed by atoms with Gasteiger partial charge in [0.15, 0.2) is 0 Å². The van der Waals surface area contributed by atoms with Gasteiger partial charge in [-0.05, 0) is 12.5 Å². The van der Waals surface area contributed by atoms with E-state index in [0.717, 1.165) is 5.56 Å². The lowest BCUT2D eigenvalue weighted by Gasteiger charge is -2.25. The van der Waals surface area contributed by atoms with Crippen LogP contribution in [0.4, 0.5) is 4.79 Å². The lowest BCUT2D eigenvalue weighted by Crippen LogP contribution is -2.41. The van der Waals surface area contributed by atoms with Crippen molar-refractivity contribution in [1.82, 2.24) is 4.90 Å². The predicted octanol–water partition coefficient (Wildman–Crippen LogP) is 1.51. The molecule has 1 atom stereocenters. The summed E-state index contributed by atoms with van der Waals surface area (Å²) in [5.74, 6) is 0. The zero-order valence-electron chi connectivity index (χ0n) is 8.76. The molecule has 0 bridgehead atoms. The van der Waals surface area contributed by atoms with Gasteiger partial charge in [0.2, 0.25) is 0 Å². The molecule has 0 aliphatic heterocycles. The van der Waals surface area contributed by atoms with E-state index in [-0.39, 0.29) is 6.04 Å². The van der Waals surface area contributed by atoms with Gasteiger partial charge < -0.3 is 15.7 Å². The quantitative estimate of drug-likeness (QED) is 0.788. The summed E-state index contributed by atoms with van der Waals surface area (Å²) >= 11 is 0. The molecule has 1 aromatic carbocycles. The number of nitrogens with zero attached hydrogens (tertiary/aromatic N) is 1. The van der Waals surface area contributed by atoms with E-state index in [1.54, 1.807) is 6.92 Å². The summed E-state index contributed by atoms with van der Waals surface area (Å²) < 4.78 is 0. The van der Waals surface area contributed by atoms with Crippen molar-refractivity contribution in [2.24, 2.45) is 5.73 Å². The Morgan fingerprint density at radius 3 is 2.53 bits per heavy atom. The van der Waals surface area contributed by atoms with Crippen molar-refractivity contribution in [3.63, 3.8) is 0 Å². The van der Waals surface area contributed by atoms with E-state index in [4.69, 9.17) is 10.8 Å². The maximum atomic E-state index is 11.0. The molecule has 1 aromatic rings. The molecule has 0 fully saturated rings. The van der Waals surface area contributed by atoms with Crippen LogP contribution in [0.5, 0.6) is 0 Å². The molecule has 1 rings (SSSR count). The third-order valence-electron chi connectivity index (χ3n) is 2.31. The Kier molecular flexibility index (Phi) is 4.12. The number of nitrogens with two attached hydrogens (primary N) is 1. The normalized spacial score (nSPS) is 12.1. The highest BCUT2D eigenvalue weighted by atomic mass is 16.4. The van der Waals surface area contributed by atoms with E-state index < -0.39 is 6.09 Å². The Balaban J connectivity index is 2.71. The summed E-state index contributed by atoms with van der Waals surface area (Å²) in [5.41, 5.74) is 6.43. The number of rotatable bonds is 4. The van der Waals surface area contributed by atoms with Gasteiger partial charge in [-0.3, -0.25) is 0 Å². The zero-order chi connectivity index (χ0) is 11.3. The van der Waals surface area contributed by atoms with Crippen molar-refractivity contribution in [1.29, 1.82) is 0 Å². The number of hydrogen-bond donors (Lipinski definition) is 2. The molecule has 0 unspecified atom stereocenters. The summed E-state index contributed by atoms with van der Waals surface area (Å²) in [4.78, 5) is 12.3. The maximum Gasteiger partial charge on any atom is 0.407 e. The van der Waals surface area contributed by atoms with Gasteiger partial charge in [-0.2, -0.15) is 0 Å². The Labute approximate surface area is 89.3 Å². The fourth-order valence-corrected chi connectivity index (χ4v) is 1.32. The Morgan fingerprint density at radius 1 is 1.47 bits per heavy atom. The van der Waals surface area contributed by atoms with Gasteiger partial charge in [0.05, 0.1) is 0 Å². The maximum absolute atomic E-state index is 11.0. The largest absolute Gasteiger partial charge is 0.465 e. The fraction of sp³-hybridized carbons (Fsp3) is 0.364. The number of hydrogen-bond acceptors (Lipinski definition) is 2. The van der Waals surface area contributed by atoms with Crippen LogP contribution in [0.15, 0.2) is 30.3 Å². The van der Waals surface area contributed by atoms with Gasteiger partial charge in [-0.15, -0.1) is 0 Å². The summed E-state index contributed by atoms with van der Waals surface area (Å²) in [6, 6.07) is 9.33. The number of carbonyl (C=O) groups is 1. The highest BCUT2D eigenvalue weighted by Gasteiger charge is 2.17. The van der Waals surface area contributed by atoms with Crippen molar-refractivity contribution < 1.29 is 9.90 Å². The molecule has 0 saturated heterocycles. The molecule has 15 heavy (non-hydrogen) atoms. The lowest BCUT2D eigenvalue weighted by atomic mass is 10.2. The zero-order valence-corrected chi connectivity index (χ0v) is 8.76. The second-order valence-electron chi connectivity index (χ2n) is 3.48. The first-order chi connectivity index (χ1) is 7.15. The molecule has 0 radical (unpaired) electrons. The van der Waals surface area contributed by atoms with Gasteiger partial charge >= 0.3 is 6.09 Å². The van der Waals surface area contributed by atoms with E-state index in [1.807, 2.05) is 30.3 Å². The first-order valence-corrected chi connectivity index (χ1v) is 4.88. The smallest absolute Gasteiger partial charge is 0.407 e. The average Bonchev–Trinajstić information content (AvgIpc) is 2.26. The van der Waals surface area contributed by atoms with Crippen LogP contribution in [-0.2, 0) is 6.54 Å². The van der Waals surface area contributed by atoms with Crippen molar-refractivity contribution >= 4 is 6.09 Å². The second kappa shape index (κ2) is 5.36. The minimum absolute atomic E-state index is 0.164. The molecule has 4 nitrogen and oxygen atoms in total. The molecule has 0 heterocycles. The molecular formula is C11H16N2O2. The first kappa shape index (κ1) is 11.5. The SMILES string of the molecule is C[C@@H](CN)N(Cc1ccccc1)C(=O)O. The van der Waals surface area contributed by atoms with Crippen LogP contribution < -0.4 is 5.73 Å². The lowest BCUT2D eigenvalue weighted by molar-refractivity contribution is 0.126. The van der Waals surface area contributed by atoms with E-state index in [1.165, 1.54) is 4.90 Å². The monoisotopic (exact) mass is 208 g/mol. The van der Waals surface area contributed by atoms with Gasteiger partial charge in [0, 0.05) is 19.1 Å². The third kappa shape index (κ3) is 3.25. The molecule has 1 amide bonds. The summed E-state index contributed by atoms with van der Waals surface area (Å²) in [6.07, 6.45) is -0.934. The molecule has 0 aromatic heterocycles. The topological polar surface area (TPSA) is 66.6 Å². The van der Waals surface area contributed by atoms with E-state index in [0.29, 0.717) is 13.1 Å². The van der Waals surface area contributed by atoms with Crippen LogP contribution in [0.1, 0.15) is 12.5 Å². The van der Waals surface area contributed by atoms with Crippen molar-refractivity contribution in [2.45, 2.75) is 19.5 Å². The molecule has 0 aliphatic carbocycles.